The number of benzene rings is 2. The molecule has 0 saturated heterocycles. The maximum absolute atomic E-state index is 12.4. The van der Waals surface area contributed by atoms with E-state index in [4.69, 9.17) is 36.3 Å². The van der Waals surface area contributed by atoms with Crippen molar-refractivity contribution in [2.24, 2.45) is 5.73 Å². The SMILES string of the molecule is CC(CCOCCN)OCCOc1ccccc1OC(=O)C(Cl)c1ccccc1. The molecule has 0 fully saturated rings. The van der Waals surface area contributed by atoms with E-state index in [2.05, 4.69) is 0 Å². The molecule has 0 spiro atoms. The van der Waals surface area contributed by atoms with Crippen molar-refractivity contribution in [2.75, 3.05) is 33.0 Å². The lowest BCUT2D eigenvalue weighted by molar-refractivity contribution is -0.134. The zero-order valence-electron chi connectivity index (χ0n) is 16.6. The largest absolute Gasteiger partial charge is 0.487 e. The number of carbonyl (C=O) groups excluding carboxylic acids is 1. The second kappa shape index (κ2) is 13.2. The Morgan fingerprint density at radius 1 is 0.966 bits per heavy atom. The molecule has 158 valence electrons. The van der Waals surface area contributed by atoms with Crippen LogP contribution in [0.2, 0.25) is 0 Å². The minimum atomic E-state index is -0.894. The van der Waals surface area contributed by atoms with Crippen molar-refractivity contribution in [2.45, 2.75) is 24.8 Å². The molecule has 29 heavy (non-hydrogen) atoms. The third-order valence-corrected chi connectivity index (χ3v) is 4.46. The van der Waals surface area contributed by atoms with E-state index in [-0.39, 0.29) is 6.10 Å². The molecule has 2 rings (SSSR count). The standard InChI is InChI=1S/C22H28ClNO5/c1-17(11-13-26-14-12-24)27-15-16-28-19-9-5-6-10-20(19)29-22(25)21(23)18-7-3-2-4-8-18/h2-10,17,21H,11-16,24H2,1H3. The highest BCUT2D eigenvalue weighted by atomic mass is 35.5. The summed E-state index contributed by atoms with van der Waals surface area (Å²) in [7, 11) is 0. The lowest BCUT2D eigenvalue weighted by Crippen LogP contribution is -2.18. The molecule has 0 heterocycles. The van der Waals surface area contributed by atoms with E-state index in [1.54, 1.807) is 36.4 Å². The zero-order valence-corrected chi connectivity index (χ0v) is 17.3. The minimum absolute atomic E-state index is 0.0484. The van der Waals surface area contributed by atoms with E-state index < -0.39 is 11.3 Å². The van der Waals surface area contributed by atoms with Crippen LogP contribution >= 0.6 is 11.6 Å². The number of carbonyl (C=O) groups is 1. The van der Waals surface area contributed by atoms with E-state index in [1.807, 2.05) is 25.1 Å². The summed E-state index contributed by atoms with van der Waals surface area (Å²) in [6.07, 6.45) is 0.831. The molecule has 7 heteroatoms. The van der Waals surface area contributed by atoms with Gasteiger partial charge in [0.05, 0.1) is 19.3 Å². The fourth-order valence-electron chi connectivity index (χ4n) is 2.49. The van der Waals surface area contributed by atoms with Gasteiger partial charge in [-0.15, -0.1) is 11.6 Å². The molecule has 2 unspecified atom stereocenters. The Bertz CT molecular complexity index is 728. The first kappa shape index (κ1) is 23.2. The highest BCUT2D eigenvalue weighted by molar-refractivity contribution is 6.30. The van der Waals surface area contributed by atoms with Crippen LogP contribution in [0.3, 0.4) is 0 Å². The molecular weight excluding hydrogens is 394 g/mol. The van der Waals surface area contributed by atoms with Gasteiger partial charge in [0.2, 0.25) is 0 Å². The van der Waals surface area contributed by atoms with Crippen molar-refractivity contribution in [3.63, 3.8) is 0 Å². The van der Waals surface area contributed by atoms with Crippen molar-refractivity contribution < 1.29 is 23.7 Å². The summed E-state index contributed by atoms with van der Waals surface area (Å²) in [6.45, 7) is 4.39. The van der Waals surface area contributed by atoms with Gasteiger partial charge in [-0.3, -0.25) is 0 Å². The van der Waals surface area contributed by atoms with Gasteiger partial charge in [-0.25, -0.2) is 4.79 Å². The topological polar surface area (TPSA) is 80.0 Å². The molecular formula is C22H28ClNO5. The van der Waals surface area contributed by atoms with Crippen LogP contribution in [0.1, 0.15) is 24.3 Å². The Balaban J connectivity index is 1.79. The highest BCUT2D eigenvalue weighted by Crippen LogP contribution is 2.29. The summed E-state index contributed by atoms with van der Waals surface area (Å²) in [6, 6.07) is 16.0. The number of nitrogens with two attached hydrogens (primary N) is 1. The molecule has 2 atom stereocenters. The molecule has 0 saturated carbocycles. The predicted octanol–water partition coefficient (Wildman–Crippen LogP) is 3.72. The van der Waals surface area contributed by atoms with Crippen molar-refractivity contribution in [3.8, 4) is 11.5 Å². The van der Waals surface area contributed by atoms with Gasteiger partial charge >= 0.3 is 5.97 Å². The van der Waals surface area contributed by atoms with Gasteiger partial charge in [-0.2, -0.15) is 0 Å². The van der Waals surface area contributed by atoms with Crippen LogP contribution in [0.15, 0.2) is 54.6 Å². The molecule has 6 nitrogen and oxygen atoms in total. The fraction of sp³-hybridized carbons (Fsp3) is 0.409. The van der Waals surface area contributed by atoms with Crippen LogP contribution in [-0.4, -0.2) is 45.0 Å². The average Bonchev–Trinajstić information content (AvgIpc) is 2.75. The monoisotopic (exact) mass is 421 g/mol. The maximum atomic E-state index is 12.4. The first-order valence-corrected chi connectivity index (χ1v) is 10.1. The first-order chi connectivity index (χ1) is 14.1. The summed E-state index contributed by atoms with van der Waals surface area (Å²) in [4.78, 5) is 12.4. The Morgan fingerprint density at radius 3 is 2.38 bits per heavy atom. The van der Waals surface area contributed by atoms with E-state index in [9.17, 15) is 4.79 Å². The summed E-state index contributed by atoms with van der Waals surface area (Å²) in [5, 5.41) is -0.894. The molecule has 2 aromatic rings. The van der Waals surface area contributed by atoms with Crippen LogP contribution in [0.25, 0.3) is 0 Å². The van der Waals surface area contributed by atoms with Gasteiger partial charge in [0.1, 0.15) is 6.61 Å². The predicted molar refractivity (Wildman–Crippen MR) is 113 cm³/mol. The summed E-state index contributed by atoms with van der Waals surface area (Å²) >= 11 is 6.23. The second-order valence-corrected chi connectivity index (χ2v) is 6.80. The normalized spacial score (nSPS) is 12.9. The molecule has 0 bridgehead atoms. The molecule has 0 radical (unpaired) electrons. The first-order valence-electron chi connectivity index (χ1n) is 9.63. The quantitative estimate of drug-likeness (QED) is 0.230. The molecule has 0 aliphatic carbocycles. The average molecular weight is 422 g/mol. The minimum Gasteiger partial charge on any atom is -0.487 e. The zero-order chi connectivity index (χ0) is 20.9. The van der Waals surface area contributed by atoms with Crippen LogP contribution in [0.4, 0.5) is 0 Å². The van der Waals surface area contributed by atoms with Gasteiger partial charge in [-0.05, 0) is 31.0 Å². The van der Waals surface area contributed by atoms with Crippen LogP contribution in [0.5, 0.6) is 11.5 Å². The van der Waals surface area contributed by atoms with E-state index in [0.717, 1.165) is 6.42 Å². The number of rotatable bonds is 13. The van der Waals surface area contributed by atoms with E-state index in [0.29, 0.717) is 50.0 Å². The number of ether oxygens (including phenoxy) is 4. The molecule has 0 aliphatic heterocycles. The lowest BCUT2D eigenvalue weighted by atomic mass is 10.1. The van der Waals surface area contributed by atoms with Crippen molar-refractivity contribution in [3.05, 3.63) is 60.2 Å². The molecule has 0 amide bonds. The van der Waals surface area contributed by atoms with E-state index >= 15 is 0 Å². The van der Waals surface area contributed by atoms with Gasteiger partial charge in [-0.1, -0.05) is 42.5 Å². The summed E-state index contributed by atoms with van der Waals surface area (Å²) < 4.78 is 22.2. The third-order valence-electron chi connectivity index (χ3n) is 4.03. The van der Waals surface area contributed by atoms with Crippen molar-refractivity contribution >= 4 is 17.6 Å². The van der Waals surface area contributed by atoms with Gasteiger partial charge < -0.3 is 24.7 Å². The number of para-hydroxylation sites is 2. The second-order valence-electron chi connectivity index (χ2n) is 6.36. The van der Waals surface area contributed by atoms with Crippen molar-refractivity contribution in [1.82, 2.24) is 0 Å². The Labute approximate surface area is 176 Å². The maximum Gasteiger partial charge on any atom is 0.334 e. The van der Waals surface area contributed by atoms with Gasteiger partial charge in [0, 0.05) is 13.2 Å². The Kier molecular flexibility index (Phi) is 10.5. The smallest absolute Gasteiger partial charge is 0.334 e. The molecule has 2 N–H and O–H groups in total. The fourth-order valence-corrected chi connectivity index (χ4v) is 2.68. The Morgan fingerprint density at radius 2 is 1.66 bits per heavy atom. The van der Waals surface area contributed by atoms with Gasteiger partial charge in [0.15, 0.2) is 16.9 Å². The highest BCUT2D eigenvalue weighted by Gasteiger charge is 2.21. The third kappa shape index (κ3) is 8.41. The summed E-state index contributed by atoms with van der Waals surface area (Å²) in [5.74, 6) is 0.221. The lowest BCUT2D eigenvalue weighted by Gasteiger charge is -2.15. The molecule has 0 aromatic heterocycles. The molecule has 0 aliphatic rings. The number of alkyl halides is 1. The Hall–Kier alpha value is -2.12. The number of hydrogen-bond acceptors (Lipinski definition) is 6. The summed E-state index contributed by atoms with van der Waals surface area (Å²) in [5.41, 5.74) is 6.05. The molecule has 2 aromatic carbocycles. The number of halogens is 1. The van der Waals surface area contributed by atoms with Crippen molar-refractivity contribution in [1.29, 1.82) is 0 Å². The van der Waals surface area contributed by atoms with Crippen LogP contribution in [-0.2, 0) is 14.3 Å². The van der Waals surface area contributed by atoms with Gasteiger partial charge in [0.25, 0.3) is 0 Å². The van der Waals surface area contributed by atoms with Crippen LogP contribution in [0, 0.1) is 0 Å². The van der Waals surface area contributed by atoms with E-state index in [1.165, 1.54) is 0 Å². The number of hydrogen-bond donors (Lipinski definition) is 1. The number of esters is 1. The van der Waals surface area contributed by atoms with Crippen LogP contribution < -0.4 is 15.2 Å².